The molecule has 1 heterocycles. The second kappa shape index (κ2) is 19.0. The highest BCUT2D eigenvalue weighted by atomic mass is 15.0. The van der Waals surface area contributed by atoms with E-state index in [9.17, 15) is 0 Å². The molecule has 0 aliphatic rings. The van der Waals surface area contributed by atoms with E-state index in [-0.39, 0.29) is 0 Å². The van der Waals surface area contributed by atoms with Gasteiger partial charge in [-0.3, -0.25) is 0 Å². The number of fused-ring (bicyclic) bond motifs is 5. The number of hydrogen-bond acceptors (Lipinski definition) is 4. The van der Waals surface area contributed by atoms with Crippen molar-refractivity contribution in [2.45, 2.75) is 82.6 Å². The topological polar surface area (TPSA) is 63.4 Å². The second-order valence-electron chi connectivity index (χ2n) is 17.7. The SMILES string of the molecule is C=C(N=C(N=C(C)c1c(C)cccc1C)c1c(C)cccc1C)c1cc2c3ccccc3c(-c3nc(-c4c(C)cccc4C)nc(-c4c(C)cccc4C)n3)cc2c2ccccc12.CCC. The molecule has 1 aromatic heterocycles. The summed E-state index contributed by atoms with van der Waals surface area (Å²) in [5, 5.41) is 6.49. The van der Waals surface area contributed by atoms with Gasteiger partial charge in [-0.15, -0.1) is 0 Å². The van der Waals surface area contributed by atoms with Gasteiger partial charge in [0.1, 0.15) is 0 Å². The Hall–Kier alpha value is -7.37. The number of aliphatic imine (C=N–C) groups is 2. The van der Waals surface area contributed by atoms with Crippen LogP contribution in [0.2, 0.25) is 0 Å². The van der Waals surface area contributed by atoms with Crippen LogP contribution in [0.15, 0.2) is 150 Å². The largest absolute Gasteiger partial charge is 0.233 e. The van der Waals surface area contributed by atoms with Crippen LogP contribution in [0.1, 0.15) is 88.4 Å². The van der Waals surface area contributed by atoms with Crippen molar-refractivity contribution < 1.29 is 0 Å². The summed E-state index contributed by atoms with van der Waals surface area (Å²) in [7, 11) is 0. The van der Waals surface area contributed by atoms with Gasteiger partial charge in [0.2, 0.25) is 0 Å². The lowest BCUT2D eigenvalue weighted by molar-refractivity contribution is 1.06. The van der Waals surface area contributed by atoms with Gasteiger partial charge in [-0.05, 0) is 151 Å². The third kappa shape index (κ3) is 8.61. The van der Waals surface area contributed by atoms with E-state index in [1.54, 1.807) is 0 Å². The number of hydrogen-bond donors (Lipinski definition) is 0. The van der Waals surface area contributed by atoms with Crippen molar-refractivity contribution in [1.29, 1.82) is 0 Å². The van der Waals surface area contributed by atoms with Crippen LogP contribution in [-0.2, 0) is 0 Å². The van der Waals surface area contributed by atoms with Crippen LogP contribution in [0.5, 0.6) is 0 Å². The highest BCUT2D eigenvalue weighted by Gasteiger charge is 2.22. The number of aryl methyl sites for hydroxylation is 8. The minimum atomic E-state index is 0.635. The first kappa shape index (κ1) is 45.2. The van der Waals surface area contributed by atoms with Crippen molar-refractivity contribution in [2.75, 3.05) is 0 Å². The Balaban J connectivity index is 0.00000192. The molecule has 328 valence electrons. The fourth-order valence-corrected chi connectivity index (χ4v) is 9.52. The highest BCUT2D eigenvalue weighted by molar-refractivity contribution is 6.23. The maximum Gasteiger partial charge on any atom is 0.164 e. The maximum absolute atomic E-state index is 5.38. The van der Waals surface area contributed by atoms with Gasteiger partial charge >= 0.3 is 0 Å². The fourth-order valence-electron chi connectivity index (χ4n) is 9.52. The predicted molar refractivity (Wildman–Crippen MR) is 283 cm³/mol. The molecule has 0 aliphatic carbocycles. The average Bonchev–Trinajstić information content (AvgIpc) is 3.28. The fraction of sp³-hybridized carbons (Fsp3) is 0.197. The van der Waals surface area contributed by atoms with Gasteiger partial charge in [-0.2, -0.15) is 0 Å². The number of amidine groups is 1. The van der Waals surface area contributed by atoms with Gasteiger partial charge in [-0.1, -0.05) is 148 Å². The molecule has 0 spiro atoms. The molecule has 0 atom stereocenters. The number of nitrogens with zero attached hydrogens (tertiary/aromatic N) is 5. The van der Waals surface area contributed by atoms with Crippen LogP contribution in [0.4, 0.5) is 0 Å². The Kier molecular flexibility index (Phi) is 13.0. The van der Waals surface area contributed by atoms with Gasteiger partial charge in [0.05, 0.1) is 5.70 Å². The maximum atomic E-state index is 5.38. The van der Waals surface area contributed by atoms with Crippen molar-refractivity contribution in [3.63, 3.8) is 0 Å². The normalized spacial score (nSPS) is 11.9. The first-order valence-corrected chi connectivity index (χ1v) is 23.0. The van der Waals surface area contributed by atoms with Gasteiger partial charge in [0.15, 0.2) is 23.3 Å². The molecule has 5 nitrogen and oxygen atoms in total. The van der Waals surface area contributed by atoms with Crippen molar-refractivity contribution in [1.82, 2.24) is 15.0 Å². The summed E-state index contributed by atoms with van der Waals surface area (Å²) in [6.07, 6.45) is 1.25. The molecule has 0 aliphatic heterocycles. The molecule has 0 amide bonds. The lowest BCUT2D eigenvalue weighted by Crippen LogP contribution is -2.09. The van der Waals surface area contributed by atoms with Gasteiger partial charge in [-0.25, -0.2) is 24.9 Å². The zero-order valence-corrected chi connectivity index (χ0v) is 40.4. The molecule has 0 unspecified atom stereocenters. The average molecular weight is 862 g/mol. The summed E-state index contributed by atoms with van der Waals surface area (Å²) < 4.78 is 0. The van der Waals surface area contributed by atoms with Crippen molar-refractivity contribution in [3.8, 4) is 34.2 Å². The minimum Gasteiger partial charge on any atom is -0.233 e. The first-order chi connectivity index (χ1) is 31.8. The predicted octanol–water partition coefficient (Wildman–Crippen LogP) is 16.1. The summed E-state index contributed by atoms with van der Waals surface area (Å²) >= 11 is 0. The molecule has 0 N–H and O–H groups in total. The molecule has 0 saturated heterocycles. The van der Waals surface area contributed by atoms with Crippen LogP contribution in [0, 0.1) is 55.4 Å². The highest BCUT2D eigenvalue weighted by Crippen LogP contribution is 2.41. The molecule has 66 heavy (non-hydrogen) atoms. The van der Waals surface area contributed by atoms with Crippen LogP contribution in [0.25, 0.3) is 72.2 Å². The summed E-state index contributed by atoms with van der Waals surface area (Å²) in [5.41, 5.74) is 16.8. The third-order valence-electron chi connectivity index (χ3n) is 12.5. The van der Waals surface area contributed by atoms with Gasteiger partial charge in [0.25, 0.3) is 0 Å². The molecule has 5 heteroatoms. The lowest BCUT2D eigenvalue weighted by atomic mass is 9.90. The summed E-state index contributed by atoms with van der Waals surface area (Å²) in [6.45, 7) is 28.1. The molecule has 0 bridgehead atoms. The van der Waals surface area contributed by atoms with Crippen LogP contribution in [-0.4, -0.2) is 26.5 Å². The Morgan fingerprint density at radius 2 is 0.803 bits per heavy atom. The van der Waals surface area contributed by atoms with E-state index < -0.39 is 0 Å². The first-order valence-electron chi connectivity index (χ1n) is 23.0. The number of aromatic nitrogens is 3. The molecule has 9 rings (SSSR count). The lowest BCUT2D eigenvalue weighted by Gasteiger charge is -2.17. The summed E-state index contributed by atoms with van der Waals surface area (Å²) in [4.78, 5) is 26.6. The quantitative estimate of drug-likeness (QED) is 0.0911. The van der Waals surface area contributed by atoms with E-state index in [1.807, 2.05) is 0 Å². The van der Waals surface area contributed by atoms with E-state index in [4.69, 9.17) is 24.9 Å². The van der Waals surface area contributed by atoms with E-state index in [1.165, 1.54) is 17.5 Å². The molecule has 8 aromatic carbocycles. The second-order valence-corrected chi connectivity index (χ2v) is 17.7. The Morgan fingerprint density at radius 3 is 1.29 bits per heavy atom. The van der Waals surface area contributed by atoms with E-state index >= 15 is 0 Å². The van der Waals surface area contributed by atoms with Gasteiger partial charge < -0.3 is 0 Å². The minimum absolute atomic E-state index is 0.635. The van der Waals surface area contributed by atoms with Crippen LogP contribution < -0.4 is 0 Å². The van der Waals surface area contributed by atoms with Gasteiger partial charge in [0, 0.05) is 39.1 Å². The van der Waals surface area contributed by atoms with E-state index in [0.717, 1.165) is 105 Å². The smallest absolute Gasteiger partial charge is 0.164 e. The van der Waals surface area contributed by atoms with Crippen LogP contribution in [0.3, 0.4) is 0 Å². The standard InChI is InChI=1S/C58H51N5.C3H8/c1-33-19-15-20-34(2)51(33)42(10)60-56(52-35(3)21-16-22-36(52)4)59-41(9)47-31-48-45-29-13-14-30-46(45)50(32-49(48)44-28-12-11-27-43(44)47)55-61-57(53-37(5)23-17-24-38(53)6)63-58(62-55)54-39(7)25-18-26-40(54)8;1-3-2/h11-32H,9H2,1-8,10H3;3H2,1-2H3. The number of rotatable bonds is 7. The van der Waals surface area contributed by atoms with Crippen molar-refractivity contribution >= 4 is 49.6 Å². The molecular weight excluding hydrogens is 803 g/mol. The van der Waals surface area contributed by atoms with Crippen molar-refractivity contribution in [2.24, 2.45) is 9.98 Å². The molecule has 0 radical (unpaired) electrons. The summed E-state index contributed by atoms with van der Waals surface area (Å²) in [6, 6.07) is 47.1. The summed E-state index contributed by atoms with van der Waals surface area (Å²) in [5.74, 6) is 2.62. The zero-order valence-electron chi connectivity index (χ0n) is 40.4. The molecule has 0 saturated carbocycles. The molecule has 0 fully saturated rings. The monoisotopic (exact) mass is 861 g/mol. The van der Waals surface area contributed by atoms with E-state index in [2.05, 4.69) is 216 Å². The third-order valence-corrected chi connectivity index (χ3v) is 12.5. The Morgan fingerprint density at radius 1 is 0.424 bits per heavy atom. The van der Waals surface area contributed by atoms with E-state index in [0.29, 0.717) is 29.0 Å². The van der Waals surface area contributed by atoms with Crippen molar-refractivity contribution in [3.05, 3.63) is 201 Å². The molecular formula is C61H59N5. The Labute approximate surface area is 390 Å². The Bertz CT molecular complexity index is 3270. The number of benzene rings is 8. The van der Waals surface area contributed by atoms with Crippen LogP contribution >= 0.6 is 0 Å². The molecule has 9 aromatic rings. The zero-order chi connectivity index (χ0) is 46.8.